The normalized spacial score (nSPS) is 14.9. The Bertz CT molecular complexity index is 328. The third-order valence-electron chi connectivity index (χ3n) is 2.44. The van der Waals surface area contributed by atoms with E-state index in [1.807, 2.05) is 0 Å². The highest BCUT2D eigenvalue weighted by molar-refractivity contribution is 5.39. The van der Waals surface area contributed by atoms with Crippen LogP contribution in [0.1, 0.15) is 17.2 Å². The number of aliphatic hydroxyl groups excluding tert-OH is 2. The standard InChI is InChI=1S/C11H17NO3/c1-7-8(4-3-5-9(7)13)11(15)10(14)6-12-2/h3-5,10-15H,6H2,1-2H3. The summed E-state index contributed by atoms with van der Waals surface area (Å²) < 4.78 is 0. The molecule has 4 nitrogen and oxygen atoms in total. The molecule has 0 spiro atoms. The van der Waals surface area contributed by atoms with Crippen LogP contribution in [-0.2, 0) is 0 Å². The number of nitrogens with one attached hydrogen (secondary N) is 1. The third-order valence-corrected chi connectivity index (χ3v) is 2.44. The molecule has 2 unspecified atom stereocenters. The van der Waals surface area contributed by atoms with Crippen molar-refractivity contribution >= 4 is 0 Å². The Morgan fingerprint density at radius 2 is 2.00 bits per heavy atom. The summed E-state index contributed by atoms with van der Waals surface area (Å²) in [6.07, 6.45) is -1.86. The van der Waals surface area contributed by atoms with Crippen LogP contribution in [-0.4, -0.2) is 35.0 Å². The maximum Gasteiger partial charge on any atom is 0.118 e. The SMILES string of the molecule is CNCC(O)C(O)c1cccc(O)c1C. The van der Waals surface area contributed by atoms with Gasteiger partial charge in [-0.1, -0.05) is 12.1 Å². The van der Waals surface area contributed by atoms with E-state index in [9.17, 15) is 15.3 Å². The molecule has 0 aliphatic rings. The van der Waals surface area contributed by atoms with Gasteiger partial charge in [-0.05, 0) is 31.2 Å². The maximum atomic E-state index is 9.82. The van der Waals surface area contributed by atoms with E-state index in [0.29, 0.717) is 17.7 Å². The van der Waals surface area contributed by atoms with Gasteiger partial charge in [0, 0.05) is 6.54 Å². The molecule has 0 aliphatic carbocycles. The Morgan fingerprint density at radius 3 is 2.60 bits per heavy atom. The lowest BCUT2D eigenvalue weighted by atomic mass is 9.99. The molecule has 4 N–H and O–H groups in total. The molecule has 4 heteroatoms. The van der Waals surface area contributed by atoms with Crippen LogP contribution in [0.15, 0.2) is 18.2 Å². The largest absolute Gasteiger partial charge is 0.508 e. The monoisotopic (exact) mass is 211 g/mol. The van der Waals surface area contributed by atoms with Gasteiger partial charge in [-0.2, -0.15) is 0 Å². The molecule has 84 valence electrons. The topological polar surface area (TPSA) is 72.7 Å². The number of rotatable bonds is 4. The van der Waals surface area contributed by atoms with Gasteiger partial charge in [-0.25, -0.2) is 0 Å². The van der Waals surface area contributed by atoms with Gasteiger partial charge in [-0.3, -0.25) is 0 Å². The van der Waals surface area contributed by atoms with E-state index in [0.717, 1.165) is 0 Å². The predicted octanol–water partition coefficient (Wildman–Crippen LogP) is 0.314. The van der Waals surface area contributed by atoms with Crippen LogP contribution in [0.25, 0.3) is 0 Å². The van der Waals surface area contributed by atoms with Crippen molar-refractivity contribution in [2.75, 3.05) is 13.6 Å². The van der Waals surface area contributed by atoms with Crippen molar-refractivity contribution in [1.82, 2.24) is 5.32 Å². The highest BCUT2D eigenvalue weighted by Gasteiger charge is 2.20. The van der Waals surface area contributed by atoms with Gasteiger partial charge < -0.3 is 20.6 Å². The molecule has 0 bridgehead atoms. The van der Waals surface area contributed by atoms with Crippen LogP contribution in [0.3, 0.4) is 0 Å². The van der Waals surface area contributed by atoms with Gasteiger partial charge in [0.05, 0.1) is 6.10 Å². The van der Waals surface area contributed by atoms with Crippen molar-refractivity contribution in [3.63, 3.8) is 0 Å². The van der Waals surface area contributed by atoms with E-state index in [1.54, 1.807) is 32.2 Å². The Hall–Kier alpha value is -1.10. The molecule has 0 heterocycles. The highest BCUT2D eigenvalue weighted by Crippen LogP contribution is 2.26. The molecule has 1 aromatic rings. The molecule has 2 atom stereocenters. The quantitative estimate of drug-likeness (QED) is 0.578. The van der Waals surface area contributed by atoms with Gasteiger partial charge in [-0.15, -0.1) is 0 Å². The molecule has 0 aromatic heterocycles. The van der Waals surface area contributed by atoms with Crippen LogP contribution in [0, 0.1) is 6.92 Å². The molecule has 0 radical (unpaired) electrons. The molecule has 0 aliphatic heterocycles. The summed E-state index contributed by atoms with van der Waals surface area (Å²) in [6.45, 7) is 2.01. The van der Waals surface area contributed by atoms with E-state index < -0.39 is 12.2 Å². The molecule has 15 heavy (non-hydrogen) atoms. The van der Waals surface area contributed by atoms with Gasteiger partial charge >= 0.3 is 0 Å². The first-order valence-electron chi connectivity index (χ1n) is 4.87. The summed E-state index contributed by atoms with van der Waals surface area (Å²) in [7, 11) is 1.70. The van der Waals surface area contributed by atoms with Crippen molar-refractivity contribution in [2.45, 2.75) is 19.1 Å². The van der Waals surface area contributed by atoms with Crippen molar-refractivity contribution in [3.8, 4) is 5.75 Å². The number of aliphatic hydroxyl groups is 2. The first kappa shape index (κ1) is 12.0. The summed E-state index contributed by atoms with van der Waals surface area (Å²) in [5.74, 6) is 0.128. The van der Waals surface area contributed by atoms with E-state index in [4.69, 9.17) is 0 Å². The Balaban J connectivity index is 2.90. The fourth-order valence-corrected chi connectivity index (χ4v) is 1.49. The van der Waals surface area contributed by atoms with Crippen LogP contribution in [0.2, 0.25) is 0 Å². The van der Waals surface area contributed by atoms with Crippen molar-refractivity contribution < 1.29 is 15.3 Å². The lowest BCUT2D eigenvalue weighted by molar-refractivity contribution is 0.0197. The maximum absolute atomic E-state index is 9.82. The van der Waals surface area contributed by atoms with E-state index in [2.05, 4.69) is 5.32 Å². The van der Waals surface area contributed by atoms with E-state index in [1.165, 1.54) is 0 Å². The van der Waals surface area contributed by atoms with Crippen LogP contribution in [0.5, 0.6) is 5.75 Å². The molecule has 0 saturated heterocycles. The van der Waals surface area contributed by atoms with Gasteiger partial charge in [0.25, 0.3) is 0 Å². The second-order valence-electron chi connectivity index (χ2n) is 3.56. The number of phenolic OH excluding ortho intramolecular Hbond substituents is 1. The molecule has 0 fully saturated rings. The summed E-state index contributed by atoms with van der Waals surface area (Å²) in [5, 5.41) is 31.6. The summed E-state index contributed by atoms with van der Waals surface area (Å²) in [5.41, 5.74) is 1.15. The zero-order chi connectivity index (χ0) is 11.4. The second-order valence-corrected chi connectivity index (χ2v) is 3.56. The first-order valence-corrected chi connectivity index (χ1v) is 4.87. The number of aromatic hydroxyl groups is 1. The van der Waals surface area contributed by atoms with Gasteiger partial charge in [0.1, 0.15) is 11.9 Å². The Labute approximate surface area is 89.2 Å². The lowest BCUT2D eigenvalue weighted by Gasteiger charge is -2.19. The number of likely N-dealkylation sites (N-methyl/N-ethyl adjacent to an activating group) is 1. The average Bonchev–Trinajstić information content (AvgIpc) is 2.21. The fourth-order valence-electron chi connectivity index (χ4n) is 1.49. The third kappa shape index (κ3) is 2.68. The minimum Gasteiger partial charge on any atom is -0.508 e. The summed E-state index contributed by atoms with van der Waals surface area (Å²) in [6, 6.07) is 4.89. The highest BCUT2D eigenvalue weighted by atomic mass is 16.3. The summed E-state index contributed by atoms with van der Waals surface area (Å²) >= 11 is 0. The van der Waals surface area contributed by atoms with Crippen LogP contribution in [0.4, 0.5) is 0 Å². The van der Waals surface area contributed by atoms with E-state index in [-0.39, 0.29) is 5.75 Å². The van der Waals surface area contributed by atoms with E-state index >= 15 is 0 Å². The number of hydrogen-bond acceptors (Lipinski definition) is 4. The molecule has 0 saturated carbocycles. The molecular weight excluding hydrogens is 194 g/mol. The molecule has 1 aromatic carbocycles. The van der Waals surface area contributed by atoms with Crippen molar-refractivity contribution in [1.29, 1.82) is 0 Å². The fraction of sp³-hybridized carbons (Fsp3) is 0.455. The minimum absolute atomic E-state index is 0.128. The van der Waals surface area contributed by atoms with Gasteiger partial charge in [0.15, 0.2) is 0 Å². The van der Waals surface area contributed by atoms with Crippen molar-refractivity contribution in [3.05, 3.63) is 29.3 Å². The molecule has 0 amide bonds. The van der Waals surface area contributed by atoms with Crippen LogP contribution >= 0.6 is 0 Å². The number of phenols is 1. The first-order chi connectivity index (χ1) is 7.07. The Morgan fingerprint density at radius 1 is 1.33 bits per heavy atom. The van der Waals surface area contributed by atoms with Gasteiger partial charge in [0.2, 0.25) is 0 Å². The van der Waals surface area contributed by atoms with Crippen molar-refractivity contribution in [2.24, 2.45) is 0 Å². The smallest absolute Gasteiger partial charge is 0.118 e. The second kappa shape index (κ2) is 5.11. The summed E-state index contributed by atoms with van der Waals surface area (Å²) in [4.78, 5) is 0. The minimum atomic E-state index is -0.982. The average molecular weight is 211 g/mol. The lowest BCUT2D eigenvalue weighted by Crippen LogP contribution is -2.29. The molecular formula is C11H17NO3. The molecule has 1 rings (SSSR count). The Kier molecular flexibility index (Phi) is 4.08. The van der Waals surface area contributed by atoms with Crippen LogP contribution < -0.4 is 5.32 Å². The number of hydrogen-bond donors (Lipinski definition) is 4. The zero-order valence-electron chi connectivity index (χ0n) is 8.94. The predicted molar refractivity (Wildman–Crippen MR) is 57.7 cm³/mol. The zero-order valence-corrected chi connectivity index (χ0v) is 8.94. The number of benzene rings is 1.